The third-order valence-electron chi connectivity index (χ3n) is 5.19. The predicted molar refractivity (Wildman–Crippen MR) is 83.9 cm³/mol. The quantitative estimate of drug-likeness (QED) is 0.664. The number of hydrogen-bond acceptors (Lipinski definition) is 4. The Morgan fingerprint density at radius 3 is 2.56 bits per heavy atom. The van der Waals surface area contributed by atoms with E-state index in [4.69, 9.17) is 5.73 Å². The lowest BCUT2D eigenvalue weighted by atomic mass is 9.84. The van der Waals surface area contributed by atoms with Crippen LogP contribution < -0.4 is 10.6 Å². The van der Waals surface area contributed by atoms with E-state index in [1.165, 1.54) is 0 Å². The predicted octanol–water partition coefficient (Wildman–Crippen LogP) is 3.24. The number of anilines is 1. The minimum Gasteiger partial charge on any atom is -0.368 e. The highest BCUT2D eigenvalue weighted by Crippen LogP contribution is 2.46. The van der Waals surface area contributed by atoms with Gasteiger partial charge in [0.25, 0.3) is 5.69 Å². The van der Waals surface area contributed by atoms with E-state index in [0.717, 1.165) is 37.8 Å². The van der Waals surface area contributed by atoms with Gasteiger partial charge in [-0.3, -0.25) is 14.9 Å². The number of nitro benzene ring substituents is 1. The van der Waals surface area contributed by atoms with Gasteiger partial charge in [0.05, 0.1) is 10.5 Å². The van der Waals surface area contributed by atoms with Crippen molar-refractivity contribution in [3.05, 3.63) is 33.9 Å². The van der Waals surface area contributed by atoms with Crippen LogP contribution >= 0.6 is 0 Å². The number of rotatable bonds is 3. The van der Waals surface area contributed by atoms with Crippen molar-refractivity contribution >= 4 is 17.3 Å². The summed E-state index contributed by atoms with van der Waals surface area (Å²) in [5.74, 6) is -0.434. The summed E-state index contributed by atoms with van der Waals surface area (Å²) in [7, 11) is 0. The van der Waals surface area contributed by atoms with E-state index in [2.05, 4.69) is 0 Å². The van der Waals surface area contributed by atoms with Crippen LogP contribution in [0.25, 0.3) is 0 Å². The lowest BCUT2D eigenvalue weighted by Crippen LogP contribution is -2.45. The van der Waals surface area contributed by atoms with E-state index in [1.54, 1.807) is 4.90 Å². The van der Waals surface area contributed by atoms with E-state index in [1.807, 2.05) is 0 Å². The highest BCUT2D eigenvalue weighted by molar-refractivity contribution is 5.86. The second-order valence-electron chi connectivity index (χ2n) is 6.63. The highest BCUT2D eigenvalue weighted by atomic mass is 19.4. The molecule has 1 aromatic carbocycles. The molecule has 0 spiro atoms. The van der Waals surface area contributed by atoms with Crippen LogP contribution in [0.3, 0.4) is 0 Å². The zero-order valence-corrected chi connectivity index (χ0v) is 13.3. The van der Waals surface area contributed by atoms with Gasteiger partial charge in [0.2, 0.25) is 5.91 Å². The van der Waals surface area contributed by atoms with Crippen LogP contribution in [0.4, 0.5) is 24.5 Å². The minimum absolute atomic E-state index is 0.0381. The molecule has 0 bridgehead atoms. The number of benzene rings is 1. The van der Waals surface area contributed by atoms with Crippen LogP contribution in [-0.4, -0.2) is 22.9 Å². The number of nitrogens with two attached hydrogens (primary N) is 1. The van der Waals surface area contributed by atoms with Crippen molar-refractivity contribution in [1.29, 1.82) is 0 Å². The van der Waals surface area contributed by atoms with Gasteiger partial charge in [0.1, 0.15) is 11.7 Å². The molecule has 1 heterocycles. The summed E-state index contributed by atoms with van der Waals surface area (Å²) in [6.45, 7) is 0. The van der Waals surface area contributed by atoms with E-state index < -0.39 is 34.3 Å². The van der Waals surface area contributed by atoms with Gasteiger partial charge in [0, 0.05) is 12.1 Å². The Labute approximate surface area is 141 Å². The maximum absolute atomic E-state index is 12.9. The Balaban J connectivity index is 2.09. The zero-order valence-electron chi connectivity index (χ0n) is 13.3. The molecule has 1 saturated heterocycles. The topological polar surface area (TPSA) is 89.5 Å². The number of fused-ring (bicyclic) bond motifs is 1. The molecule has 25 heavy (non-hydrogen) atoms. The Kier molecular flexibility index (Phi) is 4.34. The van der Waals surface area contributed by atoms with Crippen molar-refractivity contribution in [1.82, 2.24) is 0 Å². The number of amides is 1. The van der Waals surface area contributed by atoms with Gasteiger partial charge in [-0.25, -0.2) is 0 Å². The minimum atomic E-state index is -4.68. The summed E-state index contributed by atoms with van der Waals surface area (Å²) in [6, 6.07) is 1.60. The van der Waals surface area contributed by atoms with Crippen LogP contribution in [0.15, 0.2) is 18.2 Å². The summed E-state index contributed by atoms with van der Waals surface area (Å²) >= 11 is 0. The Morgan fingerprint density at radius 2 is 1.96 bits per heavy atom. The molecule has 1 saturated carbocycles. The SMILES string of the molecule is NC(=O)[C@@H]1C[C@H]2CCCC[C@H]2N1c1ccc(C(F)(F)F)cc1[N+](=O)[O-]. The summed E-state index contributed by atoms with van der Waals surface area (Å²) in [5, 5.41) is 11.4. The first-order valence-electron chi connectivity index (χ1n) is 8.13. The van der Waals surface area contributed by atoms with E-state index in [-0.39, 0.29) is 17.6 Å². The van der Waals surface area contributed by atoms with Gasteiger partial charge in [-0.2, -0.15) is 13.2 Å². The fourth-order valence-electron chi connectivity index (χ4n) is 4.12. The first-order valence-corrected chi connectivity index (χ1v) is 8.13. The Morgan fingerprint density at radius 1 is 1.28 bits per heavy atom. The summed E-state index contributed by atoms with van der Waals surface area (Å²) < 4.78 is 38.7. The second-order valence-corrected chi connectivity index (χ2v) is 6.63. The van der Waals surface area contributed by atoms with Gasteiger partial charge in [-0.1, -0.05) is 12.8 Å². The monoisotopic (exact) mass is 357 g/mol. The van der Waals surface area contributed by atoms with Crippen LogP contribution in [0, 0.1) is 16.0 Å². The molecular formula is C16H18F3N3O3. The third-order valence-corrected chi connectivity index (χ3v) is 5.19. The standard InChI is InChI=1S/C16H18F3N3O3/c17-16(18,19)10-5-6-12(13(8-10)22(24)25)21-11-4-2-1-3-9(11)7-14(21)15(20)23/h5-6,8-9,11,14H,1-4,7H2,(H2,20,23)/t9-,11-,14+/m1/s1. The molecule has 6 nitrogen and oxygen atoms in total. The van der Waals surface area contributed by atoms with Crippen molar-refractivity contribution in [3.8, 4) is 0 Å². The number of nitro groups is 1. The average molecular weight is 357 g/mol. The lowest BCUT2D eigenvalue weighted by Gasteiger charge is -2.34. The maximum Gasteiger partial charge on any atom is 0.416 e. The zero-order chi connectivity index (χ0) is 18.4. The fraction of sp³-hybridized carbons (Fsp3) is 0.562. The summed E-state index contributed by atoms with van der Waals surface area (Å²) in [5.41, 5.74) is 3.78. The molecule has 0 radical (unpaired) electrons. The highest BCUT2D eigenvalue weighted by Gasteiger charge is 2.46. The third kappa shape index (κ3) is 3.14. The molecule has 2 aliphatic rings. The van der Waals surface area contributed by atoms with Crippen LogP contribution in [-0.2, 0) is 11.0 Å². The van der Waals surface area contributed by atoms with Crippen LogP contribution in [0.2, 0.25) is 0 Å². The number of primary amides is 1. The number of carbonyl (C=O) groups excluding carboxylic acids is 1. The van der Waals surface area contributed by atoms with E-state index in [9.17, 15) is 28.1 Å². The van der Waals surface area contributed by atoms with E-state index in [0.29, 0.717) is 12.5 Å². The number of nitrogens with zero attached hydrogens (tertiary/aromatic N) is 2. The molecule has 2 N–H and O–H groups in total. The second kappa shape index (κ2) is 6.20. The van der Waals surface area contributed by atoms with Crippen LogP contribution in [0.1, 0.15) is 37.7 Å². The number of carbonyl (C=O) groups is 1. The molecular weight excluding hydrogens is 339 g/mol. The van der Waals surface area contributed by atoms with Crippen molar-refractivity contribution in [3.63, 3.8) is 0 Å². The van der Waals surface area contributed by atoms with Crippen molar-refractivity contribution in [2.24, 2.45) is 11.7 Å². The normalized spacial score (nSPS) is 26.4. The summed E-state index contributed by atoms with van der Waals surface area (Å²) in [6.07, 6.45) is -0.637. The number of halogens is 3. The van der Waals surface area contributed by atoms with Gasteiger partial charge in [-0.15, -0.1) is 0 Å². The molecule has 3 atom stereocenters. The molecule has 1 amide bonds. The first-order chi connectivity index (χ1) is 11.7. The molecule has 136 valence electrons. The van der Waals surface area contributed by atoms with Gasteiger partial charge < -0.3 is 10.6 Å². The number of alkyl halides is 3. The molecule has 9 heteroatoms. The fourth-order valence-corrected chi connectivity index (χ4v) is 4.12. The average Bonchev–Trinajstić information content (AvgIpc) is 2.93. The smallest absolute Gasteiger partial charge is 0.368 e. The largest absolute Gasteiger partial charge is 0.416 e. The molecule has 3 rings (SSSR count). The Bertz CT molecular complexity index is 708. The van der Waals surface area contributed by atoms with Crippen molar-refractivity contribution in [2.75, 3.05) is 4.90 Å². The molecule has 1 aliphatic heterocycles. The van der Waals surface area contributed by atoms with Crippen LogP contribution in [0.5, 0.6) is 0 Å². The Hall–Kier alpha value is -2.32. The first kappa shape index (κ1) is 17.5. The molecule has 1 aromatic rings. The summed E-state index contributed by atoms with van der Waals surface area (Å²) in [4.78, 5) is 24.0. The van der Waals surface area contributed by atoms with Gasteiger partial charge in [-0.05, 0) is 37.3 Å². The van der Waals surface area contributed by atoms with Gasteiger partial charge in [0.15, 0.2) is 0 Å². The van der Waals surface area contributed by atoms with E-state index >= 15 is 0 Å². The van der Waals surface area contributed by atoms with Crippen molar-refractivity contribution in [2.45, 2.75) is 50.4 Å². The molecule has 0 unspecified atom stereocenters. The number of hydrogen-bond donors (Lipinski definition) is 1. The van der Waals surface area contributed by atoms with Gasteiger partial charge >= 0.3 is 6.18 Å². The van der Waals surface area contributed by atoms with Crippen molar-refractivity contribution < 1.29 is 22.9 Å². The molecule has 0 aromatic heterocycles. The molecule has 2 fully saturated rings. The lowest BCUT2D eigenvalue weighted by molar-refractivity contribution is -0.384. The maximum atomic E-state index is 12.9. The molecule has 1 aliphatic carbocycles.